The maximum atomic E-state index is 12.1. The molecule has 0 saturated heterocycles. The SMILES string of the molecule is O=C(C=Cc1nnc(Cc2c[nH]c3ccccc23)o1)NCCCn1ncc2ccccc21. The highest BCUT2D eigenvalue weighted by Gasteiger charge is 2.09. The molecule has 0 unspecified atom stereocenters. The lowest BCUT2D eigenvalue weighted by Gasteiger charge is -2.04. The Hall–Kier alpha value is -4.20. The van der Waals surface area contributed by atoms with Gasteiger partial charge in [-0.25, -0.2) is 0 Å². The highest BCUT2D eigenvalue weighted by Crippen LogP contribution is 2.20. The summed E-state index contributed by atoms with van der Waals surface area (Å²) < 4.78 is 7.61. The summed E-state index contributed by atoms with van der Waals surface area (Å²) in [5.74, 6) is 0.603. The maximum Gasteiger partial charge on any atom is 0.244 e. The second-order valence-corrected chi connectivity index (χ2v) is 7.47. The van der Waals surface area contributed by atoms with Gasteiger partial charge in [-0.2, -0.15) is 5.10 Å². The topological polar surface area (TPSA) is 102 Å². The number of hydrogen-bond donors (Lipinski definition) is 2. The molecule has 8 heteroatoms. The number of carbonyl (C=O) groups is 1. The fourth-order valence-corrected chi connectivity index (χ4v) is 3.70. The molecular formula is C24H22N6O2. The summed E-state index contributed by atoms with van der Waals surface area (Å²) in [7, 11) is 0. The molecule has 32 heavy (non-hydrogen) atoms. The summed E-state index contributed by atoms with van der Waals surface area (Å²) in [6, 6.07) is 16.1. The second-order valence-electron chi connectivity index (χ2n) is 7.47. The first kappa shape index (κ1) is 19.7. The molecule has 5 rings (SSSR count). The molecule has 160 valence electrons. The standard InChI is InChI=1S/C24H22N6O2/c31-22(25-12-5-13-30-21-9-4-1-6-17(21)16-27-30)10-11-23-28-29-24(32-23)14-18-15-26-20-8-3-2-7-19(18)20/h1-4,6-11,15-16,26H,5,12-14H2,(H,25,31). The summed E-state index contributed by atoms with van der Waals surface area (Å²) in [6.07, 6.45) is 8.05. The molecule has 1 amide bonds. The first-order valence-electron chi connectivity index (χ1n) is 10.5. The second kappa shape index (κ2) is 8.89. The number of aromatic amines is 1. The third kappa shape index (κ3) is 4.29. The van der Waals surface area contributed by atoms with Crippen molar-refractivity contribution in [3.8, 4) is 0 Å². The summed E-state index contributed by atoms with van der Waals surface area (Å²) in [6.45, 7) is 1.28. The van der Waals surface area contributed by atoms with Crippen molar-refractivity contribution >= 4 is 33.8 Å². The Morgan fingerprint density at radius 1 is 1.12 bits per heavy atom. The molecule has 0 fully saturated rings. The fourth-order valence-electron chi connectivity index (χ4n) is 3.70. The van der Waals surface area contributed by atoms with E-state index in [1.54, 1.807) is 0 Å². The molecule has 0 bridgehead atoms. The number of nitrogens with one attached hydrogen (secondary N) is 2. The van der Waals surface area contributed by atoms with Crippen molar-refractivity contribution in [3.63, 3.8) is 0 Å². The van der Waals surface area contributed by atoms with Gasteiger partial charge in [-0.3, -0.25) is 9.48 Å². The largest absolute Gasteiger partial charge is 0.421 e. The van der Waals surface area contributed by atoms with E-state index >= 15 is 0 Å². The van der Waals surface area contributed by atoms with E-state index in [-0.39, 0.29) is 5.91 Å². The van der Waals surface area contributed by atoms with E-state index in [2.05, 4.69) is 31.7 Å². The smallest absolute Gasteiger partial charge is 0.244 e. The molecule has 2 N–H and O–H groups in total. The zero-order valence-corrected chi connectivity index (χ0v) is 17.4. The van der Waals surface area contributed by atoms with Crippen molar-refractivity contribution < 1.29 is 9.21 Å². The Labute approximate surface area is 184 Å². The molecule has 2 aromatic carbocycles. The predicted octanol–water partition coefficient (Wildman–Crippen LogP) is 3.71. The number of carbonyl (C=O) groups excluding carboxylic acids is 1. The molecule has 0 radical (unpaired) electrons. The van der Waals surface area contributed by atoms with E-state index in [0.29, 0.717) is 24.7 Å². The lowest BCUT2D eigenvalue weighted by atomic mass is 10.1. The summed E-state index contributed by atoms with van der Waals surface area (Å²) >= 11 is 0. The molecule has 5 aromatic rings. The summed E-state index contributed by atoms with van der Waals surface area (Å²) in [4.78, 5) is 15.3. The monoisotopic (exact) mass is 426 g/mol. The Morgan fingerprint density at radius 3 is 2.97 bits per heavy atom. The third-order valence-electron chi connectivity index (χ3n) is 5.27. The highest BCUT2D eigenvalue weighted by atomic mass is 16.4. The van der Waals surface area contributed by atoms with Gasteiger partial charge in [-0.15, -0.1) is 10.2 Å². The summed E-state index contributed by atoms with van der Waals surface area (Å²) in [5, 5.41) is 17.6. The quantitative estimate of drug-likeness (QED) is 0.291. The predicted molar refractivity (Wildman–Crippen MR) is 122 cm³/mol. The van der Waals surface area contributed by atoms with Gasteiger partial charge in [0.25, 0.3) is 0 Å². The van der Waals surface area contributed by atoms with Gasteiger partial charge in [0.05, 0.1) is 18.1 Å². The van der Waals surface area contributed by atoms with Crippen LogP contribution in [0.3, 0.4) is 0 Å². The van der Waals surface area contributed by atoms with Crippen LogP contribution < -0.4 is 5.32 Å². The lowest BCUT2D eigenvalue weighted by Crippen LogP contribution is -2.23. The van der Waals surface area contributed by atoms with Crippen LogP contribution in [-0.2, 0) is 17.8 Å². The maximum absolute atomic E-state index is 12.1. The van der Waals surface area contributed by atoms with E-state index in [4.69, 9.17) is 4.42 Å². The molecule has 0 aliphatic carbocycles. The van der Waals surface area contributed by atoms with Crippen molar-refractivity contribution in [2.45, 2.75) is 19.4 Å². The molecule has 0 aliphatic heterocycles. The van der Waals surface area contributed by atoms with Crippen molar-refractivity contribution in [2.24, 2.45) is 0 Å². The van der Waals surface area contributed by atoms with Crippen LogP contribution in [0.2, 0.25) is 0 Å². The van der Waals surface area contributed by atoms with E-state index in [1.807, 2.05) is 59.5 Å². The summed E-state index contributed by atoms with van der Waals surface area (Å²) in [5.41, 5.74) is 3.25. The number of hydrogen-bond acceptors (Lipinski definition) is 5. The van der Waals surface area contributed by atoms with Crippen molar-refractivity contribution in [1.82, 2.24) is 30.3 Å². The minimum Gasteiger partial charge on any atom is -0.421 e. The number of rotatable bonds is 8. The number of fused-ring (bicyclic) bond motifs is 2. The zero-order chi connectivity index (χ0) is 21.8. The van der Waals surface area contributed by atoms with Crippen LogP contribution in [-0.4, -0.2) is 37.4 Å². The number of H-pyrrole nitrogens is 1. The molecule has 8 nitrogen and oxygen atoms in total. The van der Waals surface area contributed by atoms with Crippen LogP contribution in [0.25, 0.3) is 27.9 Å². The van der Waals surface area contributed by atoms with Crippen LogP contribution >= 0.6 is 0 Å². The lowest BCUT2D eigenvalue weighted by molar-refractivity contribution is -0.116. The third-order valence-corrected chi connectivity index (χ3v) is 5.27. The van der Waals surface area contributed by atoms with Crippen LogP contribution in [0.15, 0.2) is 71.4 Å². The molecule has 0 saturated carbocycles. The molecule has 0 spiro atoms. The van der Waals surface area contributed by atoms with Gasteiger partial charge in [0.1, 0.15) is 0 Å². The number of benzene rings is 2. The van der Waals surface area contributed by atoms with Gasteiger partial charge in [-0.05, 0) is 24.1 Å². The van der Waals surface area contributed by atoms with Crippen molar-refractivity contribution in [1.29, 1.82) is 0 Å². The number of aryl methyl sites for hydroxylation is 1. The first-order chi connectivity index (χ1) is 15.8. The van der Waals surface area contributed by atoms with E-state index in [9.17, 15) is 4.79 Å². The minimum atomic E-state index is -0.202. The Kier molecular flexibility index (Phi) is 5.48. The first-order valence-corrected chi connectivity index (χ1v) is 10.5. The van der Waals surface area contributed by atoms with Crippen LogP contribution in [0.4, 0.5) is 0 Å². The number of amides is 1. The zero-order valence-electron chi connectivity index (χ0n) is 17.4. The fraction of sp³-hybridized carbons (Fsp3) is 0.167. The molecule has 0 atom stereocenters. The van der Waals surface area contributed by atoms with Gasteiger partial charge >= 0.3 is 0 Å². The minimum absolute atomic E-state index is 0.202. The van der Waals surface area contributed by atoms with Crippen molar-refractivity contribution in [3.05, 3.63) is 84.3 Å². The van der Waals surface area contributed by atoms with Gasteiger partial charge in [-0.1, -0.05) is 36.4 Å². The van der Waals surface area contributed by atoms with Crippen molar-refractivity contribution in [2.75, 3.05) is 6.54 Å². The van der Waals surface area contributed by atoms with Gasteiger partial charge in [0.15, 0.2) is 0 Å². The average Bonchev–Trinajstić information content (AvgIpc) is 3.55. The van der Waals surface area contributed by atoms with Gasteiger partial charge < -0.3 is 14.7 Å². The van der Waals surface area contributed by atoms with E-state index < -0.39 is 0 Å². The normalized spacial score (nSPS) is 11.6. The number of para-hydroxylation sites is 2. The van der Waals surface area contributed by atoms with Crippen LogP contribution in [0.1, 0.15) is 23.8 Å². The highest BCUT2D eigenvalue weighted by molar-refractivity contribution is 5.91. The van der Waals surface area contributed by atoms with Gasteiger partial charge in [0.2, 0.25) is 17.7 Å². The molecule has 3 heterocycles. The Morgan fingerprint density at radius 2 is 2.00 bits per heavy atom. The van der Waals surface area contributed by atoms with Crippen LogP contribution in [0.5, 0.6) is 0 Å². The molecule has 3 aromatic heterocycles. The number of nitrogens with zero attached hydrogens (tertiary/aromatic N) is 4. The Bertz CT molecular complexity index is 1390. The molecule has 0 aliphatic rings. The molecular weight excluding hydrogens is 404 g/mol. The van der Waals surface area contributed by atoms with Crippen LogP contribution in [0, 0.1) is 0 Å². The van der Waals surface area contributed by atoms with E-state index in [1.165, 1.54) is 12.2 Å². The van der Waals surface area contributed by atoms with Gasteiger partial charge in [0, 0.05) is 47.7 Å². The average molecular weight is 426 g/mol. The number of aromatic nitrogens is 5. The van der Waals surface area contributed by atoms with E-state index in [0.717, 1.165) is 40.3 Å². The Balaban J connectivity index is 1.10.